The van der Waals surface area contributed by atoms with Gasteiger partial charge < -0.3 is 4.74 Å². The van der Waals surface area contributed by atoms with Crippen LogP contribution < -0.4 is 0 Å². The number of hydrogen-bond donors (Lipinski definition) is 0. The molecule has 0 aliphatic rings. The molecule has 110 valence electrons. The van der Waals surface area contributed by atoms with Crippen LogP contribution in [0.3, 0.4) is 0 Å². The number of fused-ring (bicyclic) bond motifs is 1. The van der Waals surface area contributed by atoms with E-state index in [9.17, 15) is 0 Å². The molecule has 0 spiro atoms. The molecule has 0 aliphatic heterocycles. The average Bonchev–Trinajstić information content (AvgIpc) is 2.85. The highest BCUT2D eigenvalue weighted by Crippen LogP contribution is 2.15. The van der Waals surface area contributed by atoms with Crippen LogP contribution in [0.1, 0.15) is 13.2 Å². The van der Waals surface area contributed by atoms with Gasteiger partial charge in [0, 0.05) is 6.61 Å². The fraction of sp³-hybridized carbons (Fsp3) is 0.375. The molecule has 0 radical (unpaired) electrons. The Morgan fingerprint density at radius 1 is 1.33 bits per heavy atom. The number of ether oxygens (including phenoxy) is 1. The predicted octanol–water partition coefficient (Wildman–Crippen LogP) is 3.40. The van der Waals surface area contributed by atoms with Crippen LogP contribution in [-0.4, -0.2) is 29.7 Å². The first-order valence-corrected chi connectivity index (χ1v) is 10.7. The van der Waals surface area contributed by atoms with E-state index in [0.29, 0.717) is 6.61 Å². The summed E-state index contributed by atoms with van der Waals surface area (Å²) < 4.78 is 7.42. The third-order valence-electron chi connectivity index (χ3n) is 2.80. The van der Waals surface area contributed by atoms with Crippen molar-refractivity contribution in [2.45, 2.75) is 32.8 Å². The average molecular weight is 299 g/mol. The van der Waals surface area contributed by atoms with Crippen LogP contribution in [-0.2, 0) is 4.74 Å². The zero-order chi connectivity index (χ0) is 15.3. The van der Waals surface area contributed by atoms with Crippen LogP contribution in [0.25, 0.3) is 11.0 Å². The van der Waals surface area contributed by atoms with Crippen LogP contribution in [0.4, 0.5) is 0 Å². The van der Waals surface area contributed by atoms with Crippen LogP contribution in [0, 0.1) is 11.8 Å². The van der Waals surface area contributed by atoms with Crippen molar-refractivity contribution in [3.05, 3.63) is 36.0 Å². The second-order valence-electron chi connectivity index (χ2n) is 5.82. The zero-order valence-corrected chi connectivity index (χ0v) is 14.0. The van der Waals surface area contributed by atoms with Crippen LogP contribution in [0.2, 0.25) is 19.6 Å². The molecule has 1 unspecified atom stereocenters. The Bertz CT molecular complexity index is 689. The molecular weight excluding hydrogens is 278 g/mol. The van der Waals surface area contributed by atoms with Crippen molar-refractivity contribution in [3.8, 4) is 11.8 Å². The Labute approximate surface area is 126 Å². The molecule has 1 aromatic heterocycles. The van der Waals surface area contributed by atoms with Crippen molar-refractivity contribution >= 4 is 19.1 Å². The van der Waals surface area contributed by atoms with E-state index in [2.05, 4.69) is 47.5 Å². The first kappa shape index (κ1) is 15.5. The molecule has 1 aromatic carbocycles. The van der Waals surface area contributed by atoms with E-state index in [1.165, 1.54) is 0 Å². The zero-order valence-electron chi connectivity index (χ0n) is 13.0. The minimum absolute atomic E-state index is 0.409. The van der Waals surface area contributed by atoms with Gasteiger partial charge in [0.2, 0.25) is 6.23 Å². The summed E-state index contributed by atoms with van der Waals surface area (Å²) in [5, 5.41) is 8.31. The molecule has 2 rings (SSSR count). The second kappa shape index (κ2) is 6.70. The van der Waals surface area contributed by atoms with Gasteiger partial charge in [0.15, 0.2) is 0 Å². The van der Waals surface area contributed by atoms with Gasteiger partial charge in [0.25, 0.3) is 0 Å². The van der Waals surface area contributed by atoms with E-state index >= 15 is 0 Å². The molecule has 0 saturated heterocycles. The summed E-state index contributed by atoms with van der Waals surface area (Å²) in [5.41, 5.74) is 3.99. The number of rotatable bonds is 4. The maximum Gasteiger partial charge on any atom is 0.215 e. The Balaban J connectivity index is 2.27. The van der Waals surface area contributed by atoms with Gasteiger partial charge in [0.05, 0.1) is 13.6 Å². The molecule has 0 fully saturated rings. The maximum atomic E-state index is 5.69. The smallest absolute Gasteiger partial charge is 0.215 e. The molecule has 4 nitrogen and oxygen atoms in total. The Morgan fingerprint density at radius 2 is 2.10 bits per heavy atom. The van der Waals surface area contributed by atoms with Crippen molar-refractivity contribution in [3.63, 3.8) is 0 Å². The number of nitrogens with zero attached hydrogens (tertiary/aromatic N) is 3. The number of aromatic nitrogens is 3. The summed E-state index contributed by atoms with van der Waals surface area (Å²) in [6.45, 7) is 9.35. The van der Waals surface area contributed by atoms with Crippen molar-refractivity contribution < 1.29 is 4.74 Å². The fourth-order valence-electron chi connectivity index (χ4n) is 1.80. The summed E-state index contributed by atoms with van der Waals surface area (Å²) in [4.78, 5) is 0. The summed E-state index contributed by atoms with van der Waals surface area (Å²) in [7, 11) is -1.22. The molecule has 1 atom stereocenters. The standard InChI is InChI=1S/C16H21N3OSi/c1-5-20-16(12-8-9-13-21(2,3)4)19-15-11-7-6-10-14(15)17-18-19/h6-7,9-11,13,16H,5H2,1-4H3/b13-9+. The van der Waals surface area contributed by atoms with Gasteiger partial charge in [-0.3, -0.25) is 0 Å². The third-order valence-corrected chi connectivity index (χ3v) is 3.96. The molecule has 0 amide bonds. The molecule has 1 heterocycles. The topological polar surface area (TPSA) is 39.9 Å². The Hall–Kier alpha value is -1.90. The Kier molecular flexibility index (Phi) is 4.94. The molecule has 0 aliphatic carbocycles. The molecule has 0 N–H and O–H groups in total. The lowest BCUT2D eigenvalue weighted by Gasteiger charge is -2.11. The van der Waals surface area contributed by atoms with Gasteiger partial charge in [-0.15, -0.1) is 5.10 Å². The Morgan fingerprint density at radius 3 is 2.81 bits per heavy atom. The summed E-state index contributed by atoms with van der Waals surface area (Å²) >= 11 is 0. The largest absolute Gasteiger partial charge is 0.346 e. The van der Waals surface area contributed by atoms with Crippen molar-refractivity contribution in [2.75, 3.05) is 6.61 Å². The van der Waals surface area contributed by atoms with Crippen LogP contribution in [0.15, 0.2) is 36.0 Å². The van der Waals surface area contributed by atoms with Gasteiger partial charge in [-0.2, -0.15) is 0 Å². The fourth-order valence-corrected chi connectivity index (χ4v) is 2.39. The van der Waals surface area contributed by atoms with Gasteiger partial charge in [-0.25, -0.2) is 4.68 Å². The molecule has 5 heteroatoms. The van der Waals surface area contributed by atoms with Crippen LogP contribution in [0.5, 0.6) is 0 Å². The normalized spacial score (nSPS) is 13.3. The second-order valence-corrected chi connectivity index (χ2v) is 10.9. The maximum absolute atomic E-state index is 5.69. The van der Waals surface area contributed by atoms with E-state index in [-0.39, 0.29) is 0 Å². The third kappa shape index (κ3) is 4.28. The molecule has 21 heavy (non-hydrogen) atoms. The minimum Gasteiger partial charge on any atom is -0.346 e. The van der Waals surface area contributed by atoms with Crippen molar-refractivity contribution in [2.24, 2.45) is 0 Å². The first-order chi connectivity index (χ1) is 10.0. The van der Waals surface area contributed by atoms with Crippen molar-refractivity contribution in [1.82, 2.24) is 15.0 Å². The number of allylic oxidation sites excluding steroid dienone is 1. The van der Waals surface area contributed by atoms with E-state index in [1.807, 2.05) is 37.3 Å². The quantitative estimate of drug-likeness (QED) is 0.641. The highest BCUT2D eigenvalue weighted by Gasteiger charge is 2.12. The molecule has 0 saturated carbocycles. The lowest BCUT2D eigenvalue weighted by Crippen LogP contribution is -2.15. The van der Waals surface area contributed by atoms with E-state index in [0.717, 1.165) is 11.0 Å². The summed E-state index contributed by atoms with van der Waals surface area (Å²) in [6.07, 6.45) is 1.52. The van der Waals surface area contributed by atoms with E-state index in [4.69, 9.17) is 4.74 Å². The number of hydrogen-bond acceptors (Lipinski definition) is 3. The minimum atomic E-state index is -1.22. The monoisotopic (exact) mass is 299 g/mol. The number of benzene rings is 1. The molecule has 2 aromatic rings. The molecular formula is C16H21N3OSi. The summed E-state index contributed by atoms with van der Waals surface area (Å²) in [6, 6.07) is 7.81. The highest BCUT2D eigenvalue weighted by atomic mass is 28.3. The van der Waals surface area contributed by atoms with E-state index in [1.54, 1.807) is 4.68 Å². The van der Waals surface area contributed by atoms with E-state index < -0.39 is 14.3 Å². The SMILES string of the molecule is CCOC(C#C/C=C/[Si](C)(C)C)n1nnc2ccccc21. The lowest BCUT2D eigenvalue weighted by atomic mass is 10.3. The first-order valence-electron chi connectivity index (χ1n) is 7.11. The van der Waals surface area contributed by atoms with Gasteiger partial charge in [0.1, 0.15) is 5.52 Å². The predicted molar refractivity (Wildman–Crippen MR) is 88.5 cm³/mol. The van der Waals surface area contributed by atoms with Gasteiger partial charge >= 0.3 is 0 Å². The lowest BCUT2D eigenvalue weighted by molar-refractivity contribution is 0.0471. The van der Waals surface area contributed by atoms with Crippen LogP contribution >= 0.6 is 0 Å². The van der Waals surface area contributed by atoms with Crippen molar-refractivity contribution in [1.29, 1.82) is 0 Å². The van der Waals surface area contributed by atoms with Gasteiger partial charge in [-0.1, -0.05) is 48.6 Å². The number of para-hydroxylation sites is 1. The molecule has 0 bridgehead atoms. The van der Waals surface area contributed by atoms with Gasteiger partial charge in [-0.05, 0) is 31.1 Å². The highest BCUT2D eigenvalue weighted by molar-refractivity contribution is 6.81. The summed E-state index contributed by atoms with van der Waals surface area (Å²) in [5.74, 6) is 6.18.